The summed E-state index contributed by atoms with van der Waals surface area (Å²) in [4.78, 5) is 41.3. The van der Waals surface area contributed by atoms with Gasteiger partial charge in [-0.3, -0.25) is 19.1 Å². The molecule has 2 aromatic heterocycles. The van der Waals surface area contributed by atoms with Crippen molar-refractivity contribution >= 4 is 35.1 Å². The van der Waals surface area contributed by atoms with Crippen LogP contribution in [0.15, 0.2) is 46.0 Å². The van der Waals surface area contributed by atoms with Gasteiger partial charge < -0.3 is 10.6 Å². The number of carbonyl (C=O) groups is 1. The Balaban J connectivity index is 1.90. The number of rotatable bonds is 9. The summed E-state index contributed by atoms with van der Waals surface area (Å²) in [5.74, 6) is -0.498. The van der Waals surface area contributed by atoms with Gasteiger partial charge in [-0.1, -0.05) is 55.3 Å². The molecule has 180 valence electrons. The predicted octanol–water partition coefficient (Wildman–Crippen LogP) is 3.19. The summed E-state index contributed by atoms with van der Waals surface area (Å²) in [5.41, 5.74) is 7.14. The van der Waals surface area contributed by atoms with Crippen molar-refractivity contribution in [3.05, 3.63) is 79.2 Å². The number of nitrogen functional groups attached to an aromatic ring is 1. The number of hydrogen-bond acceptors (Lipinski definition) is 5. The fraction of sp³-hybridized carbons (Fsp3) is 0.333. The molecule has 0 spiro atoms. The lowest BCUT2D eigenvalue weighted by Crippen LogP contribution is -2.40. The van der Waals surface area contributed by atoms with Crippen molar-refractivity contribution in [2.45, 2.75) is 46.7 Å². The zero-order valence-electron chi connectivity index (χ0n) is 19.5. The fourth-order valence-electron chi connectivity index (χ4n) is 3.66. The number of amides is 1. The molecule has 9 nitrogen and oxygen atoms in total. The molecule has 0 aliphatic heterocycles. The molecule has 0 aliphatic carbocycles. The highest BCUT2D eigenvalue weighted by Gasteiger charge is 2.22. The van der Waals surface area contributed by atoms with Crippen LogP contribution < -0.4 is 21.9 Å². The highest BCUT2D eigenvalue weighted by atomic mass is 35.5. The minimum Gasteiger partial charge on any atom is -0.383 e. The van der Waals surface area contributed by atoms with Gasteiger partial charge in [0.15, 0.2) is 5.69 Å². The van der Waals surface area contributed by atoms with Crippen molar-refractivity contribution in [3.8, 4) is 0 Å². The number of benzene rings is 1. The zero-order chi connectivity index (χ0) is 24.8. The molecule has 3 rings (SSSR count). The van der Waals surface area contributed by atoms with Gasteiger partial charge in [0.05, 0.1) is 12.2 Å². The first kappa shape index (κ1) is 25.0. The second-order valence-electron chi connectivity index (χ2n) is 7.85. The first-order chi connectivity index (χ1) is 16.3. The minimum atomic E-state index is -0.705. The number of unbranched alkanes of at least 4 members (excludes halogenated alkanes) is 1. The largest absolute Gasteiger partial charge is 0.383 e. The van der Waals surface area contributed by atoms with E-state index in [1.807, 2.05) is 37.3 Å². The SMILES string of the molecule is CCCCn1c(N)c(N(CC)C(=O)/C=C/c2c(C)nn(Cc3ccccc3)c2Cl)c(=O)[nH]c1=O. The molecule has 0 radical (unpaired) electrons. The van der Waals surface area contributed by atoms with Crippen LogP contribution in [-0.2, 0) is 17.9 Å². The summed E-state index contributed by atoms with van der Waals surface area (Å²) in [7, 11) is 0. The Labute approximate surface area is 202 Å². The summed E-state index contributed by atoms with van der Waals surface area (Å²) in [6.45, 7) is 6.54. The number of nitrogens with one attached hydrogen (secondary N) is 1. The van der Waals surface area contributed by atoms with Crippen LogP contribution in [0, 0.1) is 6.92 Å². The Morgan fingerprint density at radius 1 is 1.24 bits per heavy atom. The lowest BCUT2D eigenvalue weighted by Gasteiger charge is -2.21. The molecular formula is C24H29ClN6O3. The van der Waals surface area contributed by atoms with Gasteiger partial charge in [0.2, 0.25) is 0 Å². The highest BCUT2D eigenvalue weighted by Crippen LogP contribution is 2.23. The number of anilines is 2. The molecule has 1 amide bonds. The fourth-order valence-corrected chi connectivity index (χ4v) is 3.96. The third-order valence-electron chi connectivity index (χ3n) is 5.48. The van der Waals surface area contributed by atoms with E-state index in [1.54, 1.807) is 24.6 Å². The van der Waals surface area contributed by atoms with Crippen LogP contribution in [0.25, 0.3) is 6.08 Å². The van der Waals surface area contributed by atoms with Crippen molar-refractivity contribution in [2.75, 3.05) is 17.2 Å². The minimum absolute atomic E-state index is 0.0318. The number of carbonyl (C=O) groups excluding carboxylic acids is 1. The van der Waals surface area contributed by atoms with Crippen LogP contribution >= 0.6 is 11.6 Å². The average molecular weight is 485 g/mol. The van der Waals surface area contributed by atoms with Crippen molar-refractivity contribution in [2.24, 2.45) is 0 Å². The van der Waals surface area contributed by atoms with E-state index in [2.05, 4.69) is 10.1 Å². The maximum Gasteiger partial charge on any atom is 0.330 e. The van der Waals surface area contributed by atoms with E-state index < -0.39 is 17.2 Å². The molecule has 1 aromatic carbocycles. The van der Waals surface area contributed by atoms with Gasteiger partial charge >= 0.3 is 5.69 Å². The topological polar surface area (TPSA) is 119 Å². The van der Waals surface area contributed by atoms with Gasteiger partial charge in [-0.2, -0.15) is 5.10 Å². The molecule has 2 heterocycles. The second kappa shape index (κ2) is 11.0. The molecule has 34 heavy (non-hydrogen) atoms. The maximum absolute atomic E-state index is 13.1. The monoisotopic (exact) mass is 484 g/mol. The number of nitrogens with two attached hydrogens (primary N) is 1. The van der Waals surface area contributed by atoms with Crippen molar-refractivity contribution in [1.82, 2.24) is 19.3 Å². The van der Waals surface area contributed by atoms with Crippen LogP contribution in [0.1, 0.15) is 43.5 Å². The van der Waals surface area contributed by atoms with Gasteiger partial charge in [0, 0.05) is 24.7 Å². The maximum atomic E-state index is 13.1. The quantitative estimate of drug-likeness (QED) is 0.452. The van der Waals surface area contributed by atoms with Gasteiger partial charge in [0.25, 0.3) is 11.5 Å². The van der Waals surface area contributed by atoms with Crippen molar-refractivity contribution in [3.63, 3.8) is 0 Å². The zero-order valence-corrected chi connectivity index (χ0v) is 20.3. The molecule has 0 bridgehead atoms. The number of nitrogens with zero attached hydrogens (tertiary/aromatic N) is 4. The predicted molar refractivity (Wildman–Crippen MR) is 135 cm³/mol. The number of likely N-dealkylation sites (N-methyl/N-ethyl adjacent to an activating group) is 1. The number of hydrogen-bond donors (Lipinski definition) is 2. The lowest BCUT2D eigenvalue weighted by atomic mass is 10.2. The van der Waals surface area contributed by atoms with E-state index in [4.69, 9.17) is 17.3 Å². The first-order valence-corrected chi connectivity index (χ1v) is 11.5. The number of aryl methyl sites for hydroxylation is 1. The third-order valence-corrected chi connectivity index (χ3v) is 5.88. The smallest absolute Gasteiger partial charge is 0.330 e. The molecule has 0 aliphatic rings. The van der Waals surface area contributed by atoms with E-state index in [-0.39, 0.29) is 18.1 Å². The van der Waals surface area contributed by atoms with E-state index in [1.165, 1.54) is 15.5 Å². The number of H-pyrrole nitrogens is 1. The van der Waals surface area contributed by atoms with E-state index in [0.717, 1.165) is 12.0 Å². The van der Waals surface area contributed by atoms with Gasteiger partial charge in [-0.25, -0.2) is 9.48 Å². The Morgan fingerprint density at radius 3 is 2.59 bits per heavy atom. The molecule has 3 aromatic rings. The van der Waals surface area contributed by atoms with Gasteiger partial charge in [-0.05, 0) is 31.9 Å². The lowest BCUT2D eigenvalue weighted by molar-refractivity contribution is -0.114. The Kier molecular flexibility index (Phi) is 8.12. The molecule has 3 N–H and O–H groups in total. The summed E-state index contributed by atoms with van der Waals surface area (Å²) in [6, 6.07) is 9.78. The molecule has 0 saturated carbocycles. The van der Waals surface area contributed by atoms with Crippen LogP contribution in [0.4, 0.5) is 11.5 Å². The van der Waals surface area contributed by atoms with Gasteiger partial charge in [-0.15, -0.1) is 0 Å². The Bertz CT molecular complexity index is 1310. The van der Waals surface area contributed by atoms with Crippen LogP contribution in [-0.4, -0.2) is 31.8 Å². The summed E-state index contributed by atoms with van der Waals surface area (Å²) in [5, 5.41) is 4.88. The second-order valence-corrected chi connectivity index (χ2v) is 8.21. The number of halogens is 1. The highest BCUT2D eigenvalue weighted by molar-refractivity contribution is 6.31. The summed E-state index contributed by atoms with van der Waals surface area (Å²) in [6.07, 6.45) is 4.46. The number of aromatic amines is 1. The van der Waals surface area contributed by atoms with Crippen molar-refractivity contribution < 1.29 is 4.79 Å². The first-order valence-electron chi connectivity index (χ1n) is 11.2. The molecular weight excluding hydrogens is 456 g/mol. The van der Waals surface area contributed by atoms with Crippen molar-refractivity contribution in [1.29, 1.82) is 0 Å². The van der Waals surface area contributed by atoms with Crippen LogP contribution in [0.5, 0.6) is 0 Å². The molecule has 10 heteroatoms. The Hall–Kier alpha value is -3.59. The molecule has 0 atom stereocenters. The van der Waals surface area contributed by atoms with Crippen LogP contribution in [0.3, 0.4) is 0 Å². The van der Waals surface area contributed by atoms with E-state index in [9.17, 15) is 14.4 Å². The molecule has 0 saturated heterocycles. The number of aromatic nitrogens is 4. The Morgan fingerprint density at radius 2 is 1.94 bits per heavy atom. The summed E-state index contributed by atoms with van der Waals surface area (Å²) < 4.78 is 2.95. The van der Waals surface area contributed by atoms with Crippen LogP contribution in [0.2, 0.25) is 5.15 Å². The normalized spacial score (nSPS) is 11.3. The van der Waals surface area contributed by atoms with Gasteiger partial charge in [0.1, 0.15) is 11.0 Å². The molecule has 0 fully saturated rings. The van der Waals surface area contributed by atoms with E-state index >= 15 is 0 Å². The third kappa shape index (κ3) is 5.31. The average Bonchev–Trinajstić information content (AvgIpc) is 3.07. The molecule has 0 unspecified atom stereocenters. The summed E-state index contributed by atoms with van der Waals surface area (Å²) >= 11 is 6.54. The standard InChI is InChI=1S/C24H29ClN6O3/c1-4-6-14-30-22(26)20(23(33)27-24(30)34)29(5-2)19(32)13-12-18-16(3)28-31(21(18)25)15-17-10-8-7-9-11-17/h7-13H,4-6,14-15,26H2,1-3H3,(H,27,33,34)/b13-12+. The van der Waals surface area contributed by atoms with E-state index in [0.29, 0.717) is 35.9 Å².